The largest absolute Gasteiger partial charge is 0.272 e. The maximum Gasteiger partial charge on any atom is 0.127 e. The molecule has 0 saturated heterocycles. The maximum absolute atomic E-state index is 14.3. The van der Waals surface area contributed by atoms with Crippen molar-refractivity contribution in [1.29, 1.82) is 0 Å². The molecule has 5 heteroatoms. The molecule has 0 aliphatic rings. The first-order valence-electron chi connectivity index (χ1n) is 6.95. The maximum atomic E-state index is 14.3. The summed E-state index contributed by atoms with van der Waals surface area (Å²) in [5, 5.41) is 5.85. The van der Waals surface area contributed by atoms with Gasteiger partial charge in [0, 0.05) is 35.2 Å². The summed E-state index contributed by atoms with van der Waals surface area (Å²) in [6, 6.07) is 9.12. The molecule has 1 aromatic carbocycles. The average molecular weight is 418 g/mol. The van der Waals surface area contributed by atoms with Gasteiger partial charge in [-0.1, -0.05) is 57.0 Å². The van der Waals surface area contributed by atoms with Crippen molar-refractivity contribution in [2.45, 2.75) is 25.2 Å². The van der Waals surface area contributed by atoms with E-state index in [9.17, 15) is 4.39 Å². The highest BCUT2D eigenvalue weighted by atomic mass is 79.9. The van der Waals surface area contributed by atoms with Crippen LogP contribution in [0, 0.1) is 5.82 Å². The van der Waals surface area contributed by atoms with Gasteiger partial charge >= 0.3 is 0 Å². The minimum atomic E-state index is -0.329. The Balaban J connectivity index is 2.43. The Labute approximate surface area is 142 Å². The minimum Gasteiger partial charge on any atom is -0.272 e. The highest BCUT2D eigenvalue weighted by molar-refractivity contribution is 9.09. The van der Waals surface area contributed by atoms with Crippen LogP contribution in [0.2, 0.25) is 0 Å². The van der Waals surface area contributed by atoms with E-state index in [1.54, 1.807) is 6.07 Å². The van der Waals surface area contributed by atoms with Gasteiger partial charge in [0.25, 0.3) is 0 Å². The molecule has 0 bridgehead atoms. The number of hydrogen-bond donors (Lipinski definition) is 0. The lowest BCUT2D eigenvalue weighted by atomic mass is 9.80. The zero-order chi connectivity index (χ0) is 15.5. The number of benzene rings is 1. The second-order valence-electron chi connectivity index (χ2n) is 5.31. The van der Waals surface area contributed by atoms with Gasteiger partial charge < -0.3 is 0 Å². The molecular weight excluding hydrogens is 399 g/mol. The summed E-state index contributed by atoms with van der Waals surface area (Å²) >= 11 is 7.17. The van der Waals surface area contributed by atoms with E-state index < -0.39 is 0 Å². The smallest absolute Gasteiger partial charge is 0.127 e. The van der Waals surface area contributed by atoms with E-state index in [0.29, 0.717) is 10.7 Å². The van der Waals surface area contributed by atoms with E-state index >= 15 is 0 Å². The molecule has 0 spiro atoms. The van der Waals surface area contributed by atoms with Gasteiger partial charge in [-0.2, -0.15) is 5.10 Å². The third-order valence-electron chi connectivity index (χ3n) is 3.87. The molecule has 21 heavy (non-hydrogen) atoms. The molecule has 1 heterocycles. The molecule has 0 radical (unpaired) electrons. The molecule has 2 nitrogen and oxygen atoms in total. The van der Waals surface area contributed by atoms with Crippen LogP contribution in [0.3, 0.4) is 0 Å². The van der Waals surface area contributed by atoms with Crippen molar-refractivity contribution < 1.29 is 4.39 Å². The molecule has 0 amide bonds. The second-order valence-corrected chi connectivity index (χ2v) is 6.43. The number of nitrogens with zero attached hydrogens (tertiary/aromatic N) is 2. The van der Waals surface area contributed by atoms with Gasteiger partial charge in [-0.05, 0) is 24.1 Å². The molecule has 0 aliphatic heterocycles. The van der Waals surface area contributed by atoms with Crippen LogP contribution < -0.4 is 0 Å². The normalized spacial score (nSPS) is 11.9. The Kier molecular flexibility index (Phi) is 5.60. The van der Waals surface area contributed by atoms with Crippen LogP contribution in [0.4, 0.5) is 4.39 Å². The lowest BCUT2D eigenvalue weighted by Gasteiger charge is -2.31. The number of aromatic nitrogens is 2. The summed E-state index contributed by atoms with van der Waals surface area (Å²) in [5.74, 6) is -0.158. The summed E-state index contributed by atoms with van der Waals surface area (Å²) in [5.41, 5.74) is 2.59. The van der Waals surface area contributed by atoms with Crippen LogP contribution >= 0.6 is 31.9 Å². The van der Waals surface area contributed by atoms with Crippen molar-refractivity contribution in [2.75, 3.05) is 10.7 Å². The van der Waals surface area contributed by atoms with Gasteiger partial charge in [0.15, 0.2) is 0 Å². The number of aryl methyl sites for hydroxylation is 2. The molecule has 0 unspecified atom stereocenters. The zero-order valence-corrected chi connectivity index (χ0v) is 15.4. The Bertz CT molecular complexity index is 606. The van der Waals surface area contributed by atoms with Crippen molar-refractivity contribution in [3.63, 3.8) is 0 Å². The molecule has 0 saturated carbocycles. The zero-order valence-electron chi connectivity index (χ0n) is 12.2. The van der Waals surface area contributed by atoms with Crippen molar-refractivity contribution in [2.24, 2.45) is 7.05 Å². The molecule has 0 N–H and O–H groups in total. The Morgan fingerprint density at radius 1 is 1.24 bits per heavy atom. The summed E-state index contributed by atoms with van der Waals surface area (Å²) in [7, 11) is 1.95. The third kappa shape index (κ3) is 3.39. The summed E-state index contributed by atoms with van der Waals surface area (Å²) < 4.78 is 16.2. The van der Waals surface area contributed by atoms with E-state index in [2.05, 4.69) is 49.9 Å². The van der Waals surface area contributed by atoms with Gasteiger partial charge in [0.05, 0.1) is 5.69 Å². The van der Waals surface area contributed by atoms with Crippen LogP contribution in [0.15, 0.2) is 30.3 Å². The van der Waals surface area contributed by atoms with Crippen LogP contribution in [0.1, 0.15) is 23.9 Å². The molecule has 0 aliphatic carbocycles. The van der Waals surface area contributed by atoms with Crippen molar-refractivity contribution >= 4 is 31.9 Å². The molecule has 0 fully saturated rings. The lowest BCUT2D eigenvalue weighted by molar-refractivity contribution is 0.485. The quantitative estimate of drug-likeness (QED) is 0.637. The van der Waals surface area contributed by atoms with Gasteiger partial charge in [-0.25, -0.2) is 4.39 Å². The molecule has 2 rings (SSSR count). The third-order valence-corrected chi connectivity index (χ3v) is 6.01. The fourth-order valence-electron chi connectivity index (χ4n) is 2.52. The second kappa shape index (κ2) is 7.05. The van der Waals surface area contributed by atoms with Gasteiger partial charge in [-0.3, -0.25) is 4.68 Å². The number of rotatable bonds is 6. The van der Waals surface area contributed by atoms with Gasteiger partial charge in [0.1, 0.15) is 5.82 Å². The van der Waals surface area contributed by atoms with E-state index in [4.69, 9.17) is 0 Å². The summed E-state index contributed by atoms with van der Waals surface area (Å²) in [6.45, 7) is 2.09. The standard InChI is InChI=1S/C16H19Br2FN2/c1-3-12-8-13(21(2)20-12)9-16(10-17,11-18)14-6-4-5-7-15(14)19/h4-8H,3,9-11H2,1-2H3. The first kappa shape index (κ1) is 16.7. The molecule has 0 atom stereocenters. The highest BCUT2D eigenvalue weighted by Gasteiger charge is 2.34. The van der Waals surface area contributed by atoms with Crippen LogP contribution in [-0.4, -0.2) is 20.4 Å². The van der Waals surface area contributed by atoms with E-state index in [0.717, 1.165) is 29.8 Å². The Morgan fingerprint density at radius 2 is 1.90 bits per heavy atom. The van der Waals surface area contributed by atoms with Crippen molar-refractivity contribution in [3.8, 4) is 0 Å². The Hall–Kier alpha value is -0.680. The molecule has 114 valence electrons. The van der Waals surface area contributed by atoms with E-state index in [-0.39, 0.29) is 11.2 Å². The van der Waals surface area contributed by atoms with Crippen molar-refractivity contribution in [1.82, 2.24) is 9.78 Å². The Morgan fingerprint density at radius 3 is 2.43 bits per heavy atom. The van der Waals surface area contributed by atoms with Crippen LogP contribution in [0.25, 0.3) is 0 Å². The summed E-state index contributed by atoms with van der Waals surface area (Å²) in [4.78, 5) is 0. The van der Waals surface area contributed by atoms with Gasteiger partial charge in [-0.15, -0.1) is 0 Å². The first-order valence-corrected chi connectivity index (χ1v) is 9.19. The minimum absolute atomic E-state index is 0.158. The molecule has 2 aromatic rings. The topological polar surface area (TPSA) is 17.8 Å². The average Bonchev–Trinajstić information content (AvgIpc) is 2.86. The molecule has 1 aromatic heterocycles. The van der Waals surface area contributed by atoms with Crippen LogP contribution in [0.5, 0.6) is 0 Å². The predicted molar refractivity (Wildman–Crippen MR) is 92.0 cm³/mol. The predicted octanol–water partition coefficient (Wildman–Crippen LogP) is 4.39. The fourth-order valence-corrected chi connectivity index (χ4v) is 4.45. The lowest BCUT2D eigenvalue weighted by Crippen LogP contribution is -2.34. The number of alkyl halides is 2. The highest BCUT2D eigenvalue weighted by Crippen LogP contribution is 2.34. The fraction of sp³-hybridized carbons (Fsp3) is 0.438. The first-order chi connectivity index (χ1) is 10.1. The molecular formula is C16H19Br2FN2. The van der Waals surface area contributed by atoms with Crippen molar-refractivity contribution in [3.05, 3.63) is 53.1 Å². The van der Waals surface area contributed by atoms with Crippen LogP contribution in [-0.2, 0) is 25.3 Å². The SMILES string of the molecule is CCc1cc(CC(CBr)(CBr)c2ccccc2F)n(C)n1. The number of halogens is 3. The summed E-state index contributed by atoms with van der Waals surface area (Å²) in [6.07, 6.45) is 1.64. The van der Waals surface area contributed by atoms with E-state index in [1.165, 1.54) is 6.07 Å². The van der Waals surface area contributed by atoms with E-state index in [1.807, 2.05) is 23.9 Å². The monoisotopic (exact) mass is 416 g/mol. The number of hydrogen-bond acceptors (Lipinski definition) is 1. The van der Waals surface area contributed by atoms with Gasteiger partial charge in [0.2, 0.25) is 0 Å².